The average Bonchev–Trinajstić information content (AvgIpc) is 3.14. The molecule has 0 spiro atoms. The standard InChI is InChI=1S/C21H31N7O2.HI/c1-14(2)20(29)24-16-7-5-15(6-8-16)11-23-21(22-3)25-17-9-10-19-26-18(13-30-4)27-28(19)12-17;/h5-8,14,17H,9-13H2,1-4H3,(H,24,29)(H2,22,23,25);1H. The summed E-state index contributed by atoms with van der Waals surface area (Å²) in [7, 11) is 3.41. The van der Waals surface area contributed by atoms with Gasteiger partial charge in [-0.1, -0.05) is 26.0 Å². The Hall–Kier alpha value is -2.21. The zero-order chi connectivity index (χ0) is 21.5. The Bertz CT molecular complexity index is 880. The third-order valence-corrected chi connectivity index (χ3v) is 4.95. The second-order valence-electron chi connectivity index (χ2n) is 7.71. The minimum Gasteiger partial charge on any atom is -0.377 e. The number of hydrogen-bond acceptors (Lipinski definition) is 5. The number of anilines is 1. The molecule has 1 unspecified atom stereocenters. The summed E-state index contributed by atoms with van der Waals surface area (Å²) in [5.74, 6) is 2.46. The van der Waals surface area contributed by atoms with E-state index in [0.29, 0.717) is 13.2 Å². The number of hydrogen-bond donors (Lipinski definition) is 3. The van der Waals surface area contributed by atoms with Gasteiger partial charge in [0, 0.05) is 44.8 Å². The molecule has 3 rings (SSSR count). The number of carbonyl (C=O) groups excluding carboxylic acids is 1. The summed E-state index contributed by atoms with van der Waals surface area (Å²) in [6.07, 6.45) is 1.84. The molecule has 1 amide bonds. The molecular formula is C21H32IN7O2. The first-order valence-electron chi connectivity index (χ1n) is 10.3. The molecule has 0 radical (unpaired) electrons. The number of methoxy groups -OCH3 is 1. The fourth-order valence-electron chi connectivity index (χ4n) is 3.23. The minimum absolute atomic E-state index is 0. The Morgan fingerprint density at radius 2 is 2.06 bits per heavy atom. The van der Waals surface area contributed by atoms with E-state index in [1.807, 2.05) is 42.8 Å². The number of halogens is 1. The lowest BCUT2D eigenvalue weighted by Gasteiger charge is -2.25. The van der Waals surface area contributed by atoms with E-state index in [-0.39, 0.29) is 41.8 Å². The molecule has 0 bridgehead atoms. The first-order chi connectivity index (χ1) is 14.5. The number of nitrogens with one attached hydrogen (secondary N) is 3. The van der Waals surface area contributed by atoms with Crippen molar-refractivity contribution in [3.8, 4) is 0 Å². The van der Waals surface area contributed by atoms with Crippen LogP contribution in [0.3, 0.4) is 0 Å². The molecule has 170 valence electrons. The smallest absolute Gasteiger partial charge is 0.226 e. The Balaban J connectivity index is 0.00000341. The summed E-state index contributed by atoms with van der Waals surface area (Å²) in [6.45, 7) is 5.57. The molecule has 0 saturated carbocycles. The van der Waals surface area contributed by atoms with Crippen LogP contribution >= 0.6 is 24.0 Å². The highest BCUT2D eigenvalue weighted by atomic mass is 127. The molecule has 0 aliphatic carbocycles. The van der Waals surface area contributed by atoms with Gasteiger partial charge in [0.25, 0.3) is 0 Å². The van der Waals surface area contributed by atoms with Gasteiger partial charge in [0.05, 0.1) is 6.54 Å². The molecule has 1 aliphatic rings. The molecular weight excluding hydrogens is 509 g/mol. The maximum atomic E-state index is 11.8. The van der Waals surface area contributed by atoms with Crippen molar-refractivity contribution in [1.29, 1.82) is 0 Å². The number of fused-ring (bicyclic) bond motifs is 1. The lowest BCUT2D eigenvalue weighted by molar-refractivity contribution is -0.118. The second-order valence-corrected chi connectivity index (χ2v) is 7.71. The van der Waals surface area contributed by atoms with E-state index in [2.05, 4.69) is 31.0 Å². The van der Waals surface area contributed by atoms with Gasteiger partial charge in [-0.15, -0.1) is 24.0 Å². The second kappa shape index (κ2) is 12.0. The van der Waals surface area contributed by atoms with Gasteiger partial charge < -0.3 is 20.7 Å². The van der Waals surface area contributed by atoms with E-state index in [9.17, 15) is 4.79 Å². The number of carbonyl (C=O) groups is 1. The van der Waals surface area contributed by atoms with Crippen molar-refractivity contribution in [3.05, 3.63) is 41.5 Å². The SMILES string of the molecule is CN=C(NCc1ccc(NC(=O)C(C)C)cc1)NC1CCc2nc(COC)nn2C1.I. The third-order valence-electron chi connectivity index (χ3n) is 4.95. The molecule has 3 N–H and O–H groups in total. The highest BCUT2D eigenvalue weighted by Gasteiger charge is 2.22. The van der Waals surface area contributed by atoms with Crippen LogP contribution in [0.2, 0.25) is 0 Å². The topological polar surface area (TPSA) is 105 Å². The molecule has 10 heteroatoms. The Kier molecular flexibility index (Phi) is 9.69. The van der Waals surface area contributed by atoms with Crippen LogP contribution in [0.15, 0.2) is 29.3 Å². The van der Waals surface area contributed by atoms with Crippen molar-refractivity contribution in [3.63, 3.8) is 0 Å². The van der Waals surface area contributed by atoms with Crippen LogP contribution in [-0.4, -0.2) is 46.8 Å². The van der Waals surface area contributed by atoms with Gasteiger partial charge in [-0.05, 0) is 24.1 Å². The van der Waals surface area contributed by atoms with Crippen molar-refractivity contribution in [2.45, 2.75) is 52.4 Å². The van der Waals surface area contributed by atoms with Crippen molar-refractivity contribution in [2.75, 3.05) is 19.5 Å². The predicted molar refractivity (Wildman–Crippen MR) is 132 cm³/mol. The number of guanidine groups is 1. The predicted octanol–water partition coefficient (Wildman–Crippen LogP) is 2.32. The van der Waals surface area contributed by atoms with E-state index >= 15 is 0 Å². The van der Waals surface area contributed by atoms with E-state index in [1.54, 1.807) is 14.2 Å². The summed E-state index contributed by atoms with van der Waals surface area (Å²) in [5, 5.41) is 14.2. The summed E-state index contributed by atoms with van der Waals surface area (Å²) in [6, 6.07) is 8.05. The fraction of sp³-hybridized carbons (Fsp3) is 0.524. The number of aliphatic imine (C=N–C) groups is 1. The monoisotopic (exact) mass is 541 g/mol. The third kappa shape index (κ3) is 7.17. The molecule has 0 fully saturated rings. The van der Waals surface area contributed by atoms with E-state index in [1.165, 1.54) is 0 Å². The molecule has 9 nitrogen and oxygen atoms in total. The maximum Gasteiger partial charge on any atom is 0.226 e. The highest BCUT2D eigenvalue weighted by molar-refractivity contribution is 14.0. The van der Waals surface area contributed by atoms with Crippen LogP contribution in [0, 0.1) is 5.92 Å². The number of benzene rings is 1. The quantitative estimate of drug-likeness (QED) is 0.283. The lowest BCUT2D eigenvalue weighted by atomic mass is 10.1. The first-order valence-corrected chi connectivity index (χ1v) is 10.3. The summed E-state index contributed by atoms with van der Waals surface area (Å²) >= 11 is 0. The maximum absolute atomic E-state index is 11.8. The Morgan fingerprint density at radius 1 is 1.32 bits per heavy atom. The Morgan fingerprint density at radius 3 is 2.71 bits per heavy atom. The van der Waals surface area contributed by atoms with Crippen LogP contribution in [0.5, 0.6) is 0 Å². The molecule has 1 aliphatic heterocycles. The van der Waals surface area contributed by atoms with Gasteiger partial charge in [-0.2, -0.15) is 5.10 Å². The fourth-order valence-corrected chi connectivity index (χ4v) is 3.23. The minimum atomic E-state index is -0.0410. The van der Waals surface area contributed by atoms with Gasteiger partial charge in [0.15, 0.2) is 11.8 Å². The van der Waals surface area contributed by atoms with Crippen molar-refractivity contribution >= 4 is 41.5 Å². The van der Waals surface area contributed by atoms with Crippen molar-refractivity contribution in [1.82, 2.24) is 25.4 Å². The van der Waals surface area contributed by atoms with Gasteiger partial charge in [0.1, 0.15) is 12.4 Å². The molecule has 1 aromatic carbocycles. The number of nitrogens with zero attached hydrogens (tertiary/aromatic N) is 4. The van der Waals surface area contributed by atoms with Crippen LogP contribution in [-0.2, 0) is 35.6 Å². The molecule has 0 saturated heterocycles. The van der Waals surface area contributed by atoms with Crippen LogP contribution < -0.4 is 16.0 Å². The van der Waals surface area contributed by atoms with E-state index in [4.69, 9.17) is 4.74 Å². The number of ether oxygens (including phenoxy) is 1. The van der Waals surface area contributed by atoms with E-state index < -0.39 is 0 Å². The first kappa shape index (κ1) is 25.1. The Labute approximate surface area is 200 Å². The number of amides is 1. The zero-order valence-corrected chi connectivity index (χ0v) is 20.8. The summed E-state index contributed by atoms with van der Waals surface area (Å²) in [4.78, 5) is 20.6. The van der Waals surface area contributed by atoms with Gasteiger partial charge in [-0.25, -0.2) is 9.67 Å². The number of aryl methyl sites for hydroxylation is 1. The lowest BCUT2D eigenvalue weighted by Crippen LogP contribution is -2.46. The van der Waals surface area contributed by atoms with Gasteiger partial charge in [-0.3, -0.25) is 9.79 Å². The normalized spacial score (nSPS) is 15.8. The molecule has 1 aromatic heterocycles. The highest BCUT2D eigenvalue weighted by Crippen LogP contribution is 2.14. The average molecular weight is 541 g/mol. The van der Waals surface area contributed by atoms with Crippen LogP contribution in [0.1, 0.15) is 37.5 Å². The van der Waals surface area contributed by atoms with Crippen LogP contribution in [0.25, 0.3) is 0 Å². The van der Waals surface area contributed by atoms with Crippen molar-refractivity contribution in [2.24, 2.45) is 10.9 Å². The zero-order valence-electron chi connectivity index (χ0n) is 18.5. The molecule has 1 atom stereocenters. The van der Waals surface area contributed by atoms with Crippen LogP contribution in [0.4, 0.5) is 5.69 Å². The number of rotatable bonds is 7. The van der Waals surface area contributed by atoms with E-state index in [0.717, 1.165) is 48.2 Å². The largest absolute Gasteiger partial charge is 0.377 e. The van der Waals surface area contributed by atoms with Crippen molar-refractivity contribution < 1.29 is 9.53 Å². The summed E-state index contributed by atoms with van der Waals surface area (Å²) in [5.41, 5.74) is 1.91. The van der Waals surface area contributed by atoms with Gasteiger partial charge >= 0.3 is 0 Å². The number of aromatic nitrogens is 3. The van der Waals surface area contributed by atoms with Gasteiger partial charge in [0.2, 0.25) is 5.91 Å². The molecule has 2 aromatic rings. The molecule has 2 heterocycles. The molecule has 31 heavy (non-hydrogen) atoms. The summed E-state index contributed by atoms with van der Waals surface area (Å²) < 4.78 is 7.07.